The van der Waals surface area contributed by atoms with Gasteiger partial charge in [-0.05, 0) is 18.6 Å². The maximum absolute atomic E-state index is 12.1. The Bertz CT molecular complexity index is 787. The summed E-state index contributed by atoms with van der Waals surface area (Å²) in [7, 11) is 1.41. The van der Waals surface area contributed by atoms with Gasteiger partial charge in [-0.3, -0.25) is 14.9 Å². The summed E-state index contributed by atoms with van der Waals surface area (Å²) >= 11 is 1.11. The van der Waals surface area contributed by atoms with E-state index in [0.717, 1.165) is 18.2 Å². The Balaban J connectivity index is 1.98. The van der Waals surface area contributed by atoms with Crippen molar-refractivity contribution in [3.8, 4) is 11.6 Å². The van der Waals surface area contributed by atoms with Gasteiger partial charge in [0.1, 0.15) is 11.4 Å². The lowest BCUT2D eigenvalue weighted by Crippen LogP contribution is -2.15. The number of carbonyl (C=O) groups is 1. The van der Waals surface area contributed by atoms with Gasteiger partial charge in [-0.1, -0.05) is 18.7 Å². The highest BCUT2D eigenvalue weighted by molar-refractivity contribution is 7.99. The number of amides is 1. The second-order valence-corrected chi connectivity index (χ2v) is 5.95. The van der Waals surface area contributed by atoms with Crippen molar-refractivity contribution in [2.45, 2.75) is 18.5 Å². The SMILES string of the molecule is CCCOc1ccnc(SCC(=O)Nc2ccc(OC)cc2[N+](=O)[O-])n1. The molecule has 0 aliphatic rings. The molecule has 138 valence electrons. The van der Waals surface area contributed by atoms with Crippen LogP contribution in [0.2, 0.25) is 0 Å². The normalized spacial score (nSPS) is 10.2. The second kappa shape index (κ2) is 9.56. The minimum Gasteiger partial charge on any atom is -0.496 e. The van der Waals surface area contributed by atoms with Gasteiger partial charge in [0, 0.05) is 12.3 Å². The van der Waals surface area contributed by atoms with Crippen LogP contribution in [0.15, 0.2) is 35.6 Å². The van der Waals surface area contributed by atoms with Gasteiger partial charge >= 0.3 is 0 Å². The van der Waals surface area contributed by atoms with E-state index in [2.05, 4.69) is 15.3 Å². The van der Waals surface area contributed by atoms with Crippen LogP contribution in [0.3, 0.4) is 0 Å². The standard InChI is InChI=1S/C16H18N4O5S/c1-3-8-25-15-6-7-17-16(19-15)26-10-14(21)18-12-5-4-11(24-2)9-13(12)20(22)23/h4-7,9H,3,8,10H2,1-2H3,(H,18,21). The fraction of sp³-hybridized carbons (Fsp3) is 0.312. The number of nitro groups is 1. The van der Waals surface area contributed by atoms with E-state index in [1.807, 2.05) is 6.92 Å². The van der Waals surface area contributed by atoms with Crippen molar-refractivity contribution in [2.75, 3.05) is 24.8 Å². The van der Waals surface area contributed by atoms with Gasteiger partial charge in [0.25, 0.3) is 5.69 Å². The average Bonchev–Trinajstić information content (AvgIpc) is 2.65. The summed E-state index contributed by atoms with van der Waals surface area (Å²) in [5.41, 5.74) is -0.142. The first-order chi connectivity index (χ1) is 12.5. The number of rotatable bonds is 9. The molecule has 2 rings (SSSR count). The lowest BCUT2D eigenvalue weighted by molar-refractivity contribution is -0.384. The fourth-order valence-electron chi connectivity index (χ4n) is 1.89. The molecule has 1 amide bonds. The Morgan fingerprint density at radius 2 is 2.19 bits per heavy atom. The fourth-order valence-corrected chi connectivity index (χ4v) is 2.52. The minimum atomic E-state index is -0.580. The summed E-state index contributed by atoms with van der Waals surface area (Å²) in [6.07, 6.45) is 2.40. The number of nitrogens with zero attached hydrogens (tertiary/aromatic N) is 3. The topological polar surface area (TPSA) is 116 Å². The molecule has 1 N–H and O–H groups in total. The van der Waals surface area contributed by atoms with Crippen molar-refractivity contribution >= 4 is 29.0 Å². The number of nitrogens with one attached hydrogen (secondary N) is 1. The number of hydrogen-bond acceptors (Lipinski definition) is 8. The van der Waals surface area contributed by atoms with Crippen molar-refractivity contribution in [3.05, 3.63) is 40.6 Å². The zero-order chi connectivity index (χ0) is 18.9. The Kier molecular flexibility index (Phi) is 7.15. The predicted molar refractivity (Wildman–Crippen MR) is 96.8 cm³/mol. The van der Waals surface area contributed by atoms with Crippen LogP contribution in [0.1, 0.15) is 13.3 Å². The Hall–Kier alpha value is -2.88. The van der Waals surface area contributed by atoms with E-state index < -0.39 is 10.8 Å². The third-order valence-electron chi connectivity index (χ3n) is 3.07. The number of nitro benzene ring substituents is 1. The summed E-state index contributed by atoms with van der Waals surface area (Å²) in [5, 5.41) is 14.0. The minimum absolute atomic E-state index is 0.000411. The van der Waals surface area contributed by atoms with Gasteiger partial charge < -0.3 is 14.8 Å². The molecule has 0 saturated carbocycles. The maximum Gasteiger partial charge on any atom is 0.296 e. The van der Waals surface area contributed by atoms with Crippen LogP contribution < -0.4 is 14.8 Å². The molecule has 0 aliphatic carbocycles. The number of anilines is 1. The van der Waals surface area contributed by atoms with Gasteiger partial charge in [0.05, 0.1) is 30.5 Å². The highest BCUT2D eigenvalue weighted by atomic mass is 32.2. The molecule has 1 aromatic carbocycles. The van der Waals surface area contributed by atoms with Gasteiger partial charge in [0.15, 0.2) is 5.16 Å². The first kappa shape index (κ1) is 19.4. The van der Waals surface area contributed by atoms with Gasteiger partial charge in [-0.15, -0.1) is 0 Å². The molecule has 1 heterocycles. The molecule has 0 fully saturated rings. The molecule has 9 nitrogen and oxygen atoms in total. The molecule has 0 unspecified atom stereocenters. The zero-order valence-electron chi connectivity index (χ0n) is 14.3. The van der Waals surface area contributed by atoms with E-state index in [1.165, 1.54) is 25.3 Å². The molecule has 0 saturated heterocycles. The second-order valence-electron chi connectivity index (χ2n) is 5.00. The van der Waals surface area contributed by atoms with Gasteiger partial charge in [-0.2, -0.15) is 4.98 Å². The highest BCUT2D eigenvalue weighted by Crippen LogP contribution is 2.29. The molecule has 0 bridgehead atoms. The molecule has 10 heteroatoms. The van der Waals surface area contributed by atoms with Crippen LogP contribution in [0.5, 0.6) is 11.6 Å². The predicted octanol–water partition coefficient (Wildman–Crippen LogP) is 2.91. The molecule has 26 heavy (non-hydrogen) atoms. The molecule has 0 atom stereocenters. The molecule has 0 spiro atoms. The number of carbonyl (C=O) groups excluding carboxylic acids is 1. The number of thioether (sulfide) groups is 1. The van der Waals surface area contributed by atoms with Crippen LogP contribution in [0.25, 0.3) is 0 Å². The van der Waals surface area contributed by atoms with E-state index in [4.69, 9.17) is 9.47 Å². The Morgan fingerprint density at radius 1 is 1.38 bits per heavy atom. The largest absolute Gasteiger partial charge is 0.496 e. The average molecular weight is 378 g/mol. The van der Waals surface area contributed by atoms with E-state index in [1.54, 1.807) is 12.3 Å². The van der Waals surface area contributed by atoms with E-state index in [9.17, 15) is 14.9 Å². The third-order valence-corrected chi connectivity index (χ3v) is 3.93. The summed E-state index contributed by atoms with van der Waals surface area (Å²) in [5.74, 6) is 0.365. The van der Waals surface area contributed by atoms with Gasteiger partial charge in [0.2, 0.25) is 11.8 Å². The number of benzene rings is 1. The summed E-state index contributed by atoms with van der Waals surface area (Å²) < 4.78 is 10.4. The maximum atomic E-state index is 12.1. The third kappa shape index (κ3) is 5.59. The smallest absolute Gasteiger partial charge is 0.296 e. The Labute approximate surface area is 154 Å². The number of aromatic nitrogens is 2. The number of methoxy groups -OCH3 is 1. The van der Waals surface area contributed by atoms with Crippen LogP contribution in [0.4, 0.5) is 11.4 Å². The molecular weight excluding hydrogens is 360 g/mol. The van der Waals surface area contributed by atoms with E-state index in [0.29, 0.717) is 23.4 Å². The number of hydrogen-bond donors (Lipinski definition) is 1. The van der Waals surface area contributed by atoms with Crippen LogP contribution in [-0.2, 0) is 4.79 Å². The lowest BCUT2D eigenvalue weighted by atomic mass is 10.2. The van der Waals surface area contributed by atoms with Crippen molar-refractivity contribution in [2.24, 2.45) is 0 Å². The van der Waals surface area contributed by atoms with Crippen molar-refractivity contribution in [1.29, 1.82) is 0 Å². The molecule has 1 aromatic heterocycles. The van der Waals surface area contributed by atoms with Gasteiger partial charge in [-0.25, -0.2) is 4.98 Å². The van der Waals surface area contributed by atoms with Crippen LogP contribution in [0, 0.1) is 10.1 Å². The monoisotopic (exact) mass is 378 g/mol. The summed E-state index contributed by atoms with van der Waals surface area (Å²) in [6, 6.07) is 5.85. The van der Waals surface area contributed by atoms with E-state index in [-0.39, 0.29) is 17.1 Å². The highest BCUT2D eigenvalue weighted by Gasteiger charge is 2.17. The first-order valence-corrected chi connectivity index (χ1v) is 8.73. The molecule has 0 aliphatic heterocycles. The van der Waals surface area contributed by atoms with Crippen molar-refractivity contribution < 1.29 is 19.2 Å². The molecular formula is C16H18N4O5S. The quantitative estimate of drug-likeness (QED) is 0.306. The first-order valence-electron chi connectivity index (χ1n) is 7.74. The van der Waals surface area contributed by atoms with Crippen LogP contribution in [-0.4, -0.2) is 40.3 Å². The summed E-state index contributed by atoms with van der Waals surface area (Å²) in [6.45, 7) is 2.53. The zero-order valence-corrected chi connectivity index (χ0v) is 15.1. The Morgan fingerprint density at radius 3 is 2.88 bits per heavy atom. The summed E-state index contributed by atoms with van der Waals surface area (Å²) in [4.78, 5) is 30.9. The number of ether oxygens (including phenoxy) is 2. The lowest BCUT2D eigenvalue weighted by Gasteiger charge is -2.08. The van der Waals surface area contributed by atoms with E-state index >= 15 is 0 Å². The van der Waals surface area contributed by atoms with Crippen LogP contribution >= 0.6 is 11.8 Å². The van der Waals surface area contributed by atoms with Crippen molar-refractivity contribution in [3.63, 3.8) is 0 Å². The molecule has 0 radical (unpaired) electrons. The molecule has 2 aromatic rings. The van der Waals surface area contributed by atoms with Crippen molar-refractivity contribution in [1.82, 2.24) is 9.97 Å².